The lowest BCUT2D eigenvalue weighted by Gasteiger charge is -2.13. The molecule has 1 heterocycles. The number of halogens is 3. The third kappa shape index (κ3) is 7.54. The number of aromatic nitrogens is 2. The Balaban J connectivity index is 1.39. The first-order valence-electron chi connectivity index (χ1n) is 11.9. The molecule has 0 saturated heterocycles. The highest BCUT2D eigenvalue weighted by atomic mass is 19.4. The molecule has 39 heavy (non-hydrogen) atoms. The molecule has 0 bridgehead atoms. The molecule has 2 amide bonds. The molecule has 0 fully saturated rings. The Morgan fingerprint density at radius 2 is 1.54 bits per heavy atom. The van der Waals surface area contributed by atoms with Gasteiger partial charge in [-0.25, -0.2) is 9.97 Å². The van der Waals surface area contributed by atoms with Gasteiger partial charge in [-0.2, -0.15) is 13.2 Å². The van der Waals surface area contributed by atoms with E-state index in [-0.39, 0.29) is 18.4 Å². The largest absolute Gasteiger partial charge is 0.416 e. The van der Waals surface area contributed by atoms with E-state index >= 15 is 0 Å². The number of anilines is 5. The van der Waals surface area contributed by atoms with Crippen molar-refractivity contribution in [3.8, 4) is 0 Å². The van der Waals surface area contributed by atoms with Gasteiger partial charge in [0.15, 0.2) is 0 Å². The molecule has 8 nitrogen and oxygen atoms in total. The fourth-order valence-corrected chi connectivity index (χ4v) is 3.70. The van der Waals surface area contributed by atoms with Crippen molar-refractivity contribution in [2.75, 3.05) is 21.3 Å². The van der Waals surface area contributed by atoms with Crippen molar-refractivity contribution in [2.45, 2.75) is 26.6 Å². The molecular formula is C28H25F3N6O2. The summed E-state index contributed by atoms with van der Waals surface area (Å²) in [7, 11) is 0. The average molecular weight is 535 g/mol. The quantitative estimate of drug-likeness (QED) is 0.209. The van der Waals surface area contributed by atoms with Crippen LogP contribution < -0.4 is 21.3 Å². The van der Waals surface area contributed by atoms with E-state index < -0.39 is 11.7 Å². The zero-order valence-corrected chi connectivity index (χ0v) is 21.1. The zero-order valence-electron chi connectivity index (χ0n) is 21.1. The van der Waals surface area contributed by atoms with Crippen molar-refractivity contribution in [3.05, 3.63) is 101 Å². The van der Waals surface area contributed by atoms with Crippen LogP contribution in [0.4, 0.5) is 41.9 Å². The lowest BCUT2D eigenvalue weighted by Crippen LogP contribution is -2.14. The van der Waals surface area contributed by atoms with Gasteiger partial charge in [0, 0.05) is 36.1 Å². The van der Waals surface area contributed by atoms with Gasteiger partial charge in [0.1, 0.15) is 0 Å². The first kappa shape index (κ1) is 27.1. The molecule has 4 aromatic rings. The Morgan fingerprint density at radius 3 is 2.26 bits per heavy atom. The molecule has 0 aliphatic heterocycles. The first-order chi connectivity index (χ1) is 18.6. The zero-order chi connectivity index (χ0) is 28.0. The van der Waals surface area contributed by atoms with E-state index in [0.717, 1.165) is 17.7 Å². The molecule has 3 aromatic carbocycles. The predicted octanol–water partition coefficient (Wildman–Crippen LogP) is 6.37. The number of rotatable bonds is 8. The Bertz CT molecular complexity index is 1490. The first-order valence-corrected chi connectivity index (χ1v) is 11.9. The van der Waals surface area contributed by atoms with Gasteiger partial charge in [-0.3, -0.25) is 9.59 Å². The van der Waals surface area contributed by atoms with Crippen molar-refractivity contribution in [1.82, 2.24) is 9.97 Å². The number of benzene rings is 3. The van der Waals surface area contributed by atoms with Gasteiger partial charge >= 0.3 is 6.18 Å². The van der Waals surface area contributed by atoms with Gasteiger partial charge < -0.3 is 21.3 Å². The SMILES string of the molecule is CC(=O)Nc1cccc(Nc2ncc(NC(=O)c3cc(NCc4cccc(C(F)(F)F)c4)ccc3C)cn2)c1. The monoisotopic (exact) mass is 534 g/mol. The summed E-state index contributed by atoms with van der Waals surface area (Å²) in [5, 5.41) is 11.5. The van der Waals surface area contributed by atoms with Gasteiger partial charge in [-0.1, -0.05) is 24.3 Å². The summed E-state index contributed by atoms with van der Waals surface area (Å²) < 4.78 is 38.9. The third-order valence-electron chi connectivity index (χ3n) is 5.58. The molecule has 0 atom stereocenters. The predicted molar refractivity (Wildman–Crippen MR) is 144 cm³/mol. The summed E-state index contributed by atoms with van der Waals surface area (Å²) in [6.07, 6.45) is -1.51. The van der Waals surface area contributed by atoms with E-state index in [9.17, 15) is 22.8 Å². The van der Waals surface area contributed by atoms with Gasteiger partial charge in [0.2, 0.25) is 11.9 Å². The van der Waals surface area contributed by atoms with Crippen LogP contribution in [0.15, 0.2) is 79.1 Å². The number of hydrogen-bond acceptors (Lipinski definition) is 6. The molecular weight excluding hydrogens is 509 g/mol. The fraction of sp³-hybridized carbons (Fsp3) is 0.143. The lowest BCUT2D eigenvalue weighted by molar-refractivity contribution is -0.137. The normalized spacial score (nSPS) is 11.0. The fourth-order valence-electron chi connectivity index (χ4n) is 3.70. The number of amides is 2. The van der Waals surface area contributed by atoms with Gasteiger partial charge in [0.05, 0.1) is 23.6 Å². The second-order valence-corrected chi connectivity index (χ2v) is 8.72. The van der Waals surface area contributed by atoms with E-state index in [4.69, 9.17) is 0 Å². The summed E-state index contributed by atoms with van der Waals surface area (Å²) in [5.74, 6) is -0.275. The van der Waals surface area contributed by atoms with Crippen LogP contribution in [0.5, 0.6) is 0 Å². The minimum absolute atomic E-state index is 0.157. The number of nitrogens with one attached hydrogen (secondary N) is 4. The molecule has 0 unspecified atom stereocenters. The van der Waals surface area contributed by atoms with Crippen LogP contribution in [0.2, 0.25) is 0 Å². The van der Waals surface area contributed by atoms with E-state index in [1.54, 1.807) is 55.5 Å². The lowest BCUT2D eigenvalue weighted by atomic mass is 10.1. The molecule has 11 heteroatoms. The average Bonchev–Trinajstić information content (AvgIpc) is 2.89. The Hall–Kier alpha value is -4.93. The number of aryl methyl sites for hydroxylation is 1. The number of carbonyl (C=O) groups is 2. The Morgan fingerprint density at radius 1 is 0.821 bits per heavy atom. The van der Waals surface area contributed by atoms with Crippen molar-refractivity contribution < 1.29 is 22.8 Å². The van der Waals surface area contributed by atoms with Crippen molar-refractivity contribution >= 4 is 40.5 Å². The Kier molecular flexibility index (Phi) is 8.09. The minimum Gasteiger partial charge on any atom is -0.381 e. The van der Waals surface area contributed by atoms with Crippen LogP contribution in [0.25, 0.3) is 0 Å². The molecule has 0 saturated carbocycles. The molecule has 0 aliphatic carbocycles. The maximum atomic E-state index is 13.0. The summed E-state index contributed by atoms with van der Waals surface area (Å²) in [4.78, 5) is 32.6. The van der Waals surface area contributed by atoms with E-state index in [1.165, 1.54) is 25.4 Å². The summed E-state index contributed by atoms with van der Waals surface area (Å²) in [6, 6.07) is 17.3. The molecule has 200 valence electrons. The smallest absolute Gasteiger partial charge is 0.381 e. The van der Waals surface area contributed by atoms with Gasteiger partial charge in [-0.05, 0) is 60.5 Å². The standard InChI is InChI=1S/C28H25F3N6O2/c1-17-9-10-21(32-14-19-5-3-6-20(11-19)28(29,30)31)13-25(17)26(39)36-24-15-33-27(34-16-24)37-23-8-4-7-22(12-23)35-18(2)38/h3-13,15-16,32H,14H2,1-2H3,(H,35,38)(H,36,39)(H,33,34,37). The van der Waals surface area contributed by atoms with E-state index in [0.29, 0.717) is 39.8 Å². The molecule has 0 spiro atoms. The summed E-state index contributed by atoms with van der Waals surface area (Å²) >= 11 is 0. The number of alkyl halides is 3. The van der Waals surface area contributed by atoms with Crippen LogP contribution in [-0.2, 0) is 17.5 Å². The second kappa shape index (κ2) is 11.6. The van der Waals surface area contributed by atoms with Crippen LogP contribution in [0, 0.1) is 6.92 Å². The molecule has 1 aromatic heterocycles. The summed E-state index contributed by atoms with van der Waals surface area (Å²) in [6.45, 7) is 3.36. The second-order valence-electron chi connectivity index (χ2n) is 8.72. The number of carbonyl (C=O) groups excluding carboxylic acids is 2. The minimum atomic E-state index is -4.41. The molecule has 4 rings (SSSR count). The van der Waals surface area contributed by atoms with Crippen LogP contribution in [0.3, 0.4) is 0 Å². The van der Waals surface area contributed by atoms with Gasteiger partial charge in [0.25, 0.3) is 5.91 Å². The highest BCUT2D eigenvalue weighted by Gasteiger charge is 2.30. The topological polar surface area (TPSA) is 108 Å². The Labute approximate surface area is 222 Å². The highest BCUT2D eigenvalue weighted by Crippen LogP contribution is 2.30. The van der Waals surface area contributed by atoms with Crippen LogP contribution in [-0.4, -0.2) is 21.8 Å². The maximum Gasteiger partial charge on any atom is 0.416 e. The van der Waals surface area contributed by atoms with E-state index in [1.807, 2.05) is 0 Å². The van der Waals surface area contributed by atoms with Crippen LogP contribution in [0.1, 0.15) is 34.0 Å². The summed E-state index contributed by atoms with van der Waals surface area (Å²) in [5.41, 5.74) is 3.11. The van der Waals surface area contributed by atoms with Crippen molar-refractivity contribution in [1.29, 1.82) is 0 Å². The van der Waals surface area contributed by atoms with Gasteiger partial charge in [-0.15, -0.1) is 0 Å². The molecule has 4 N–H and O–H groups in total. The highest BCUT2D eigenvalue weighted by molar-refractivity contribution is 6.05. The van der Waals surface area contributed by atoms with Crippen molar-refractivity contribution in [3.63, 3.8) is 0 Å². The third-order valence-corrected chi connectivity index (χ3v) is 5.58. The van der Waals surface area contributed by atoms with Crippen molar-refractivity contribution in [2.24, 2.45) is 0 Å². The van der Waals surface area contributed by atoms with E-state index in [2.05, 4.69) is 31.2 Å². The van der Waals surface area contributed by atoms with Crippen LogP contribution >= 0.6 is 0 Å². The molecule has 0 aliphatic rings. The number of hydrogen-bond donors (Lipinski definition) is 4. The molecule has 0 radical (unpaired) electrons. The number of nitrogens with zero attached hydrogens (tertiary/aromatic N) is 2. The maximum absolute atomic E-state index is 13.0.